The third kappa shape index (κ3) is 4.33. The van der Waals surface area contributed by atoms with Gasteiger partial charge in [-0.2, -0.15) is 0 Å². The molecule has 0 bridgehead atoms. The molecule has 0 aliphatic heterocycles. The zero-order valence-electron chi connectivity index (χ0n) is 12.4. The summed E-state index contributed by atoms with van der Waals surface area (Å²) in [5, 5.41) is 4.82. The summed E-state index contributed by atoms with van der Waals surface area (Å²) in [5.41, 5.74) is 0.382. The van der Waals surface area contributed by atoms with Crippen LogP contribution in [0.25, 0.3) is 0 Å². The van der Waals surface area contributed by atoms with E-state index >= 15 is 0 Å². The molecule has 0 radical (unpaired) electrons. The minimum absolute atomic E-state index is 0.0579. The van der Waals surface area contributed by atoms with Gasteiger partial charge in [0.05, 0.1) is 18.7 Å². The number of nitrogens with one attached hydrogen (secondary N) is 1. The monoisotopic (exact) mass is 319 g/mol. The van der Waals surface area contributed by atoms with Crippen LogP contribution in [0, 0.1) is 0 Å². The second-order valence-corrected chi connectivity index (χ2v) is 5.59. The van der Waals surface area contributed by atoms with Crippen LogP contribution in [0.1, 0.15) is 28.2 Å². The molecule has 2 rings (SSSR count). The Labute approximate surface area is 132 Å². The number of thiophene rings is 1. The Morgan fingerprint density at radius 3 is 2.77 bits per heavy atom. The number of methoxy groups -OCH3 is 1. The molecule has 1 N–H and O–H groups in total. The first-order valence-electron chi connectivity index (χ1n) is 6.74. The first-order chi connectivity index (χ1) is 10.6. The average molecular weight is 319 g/mol. The lowest BCUT2D eigenvalue weighted by Gasteiger charge is -2.13. The van der Waals surface area contributed by atoms with Crippen molar-refractivity contribution in [2.75, 3.05) is 13.7 Å². The van der Waals surface area contributed by atoms with Gasteiger partial charge in [-0.3, -0.25) is 4.79 Å². The Morgan fingerprint density at radius 2 is 2.09 bits per heavy atom. The molecule has 1 heterocycles. The van der Waals surface area contributed by atoms with Crippen molar-refractivity contribution in [2.24, 2.45) is 0 Å². The number of hydrogen-bond acceptors (Lipinski definition) is 5. The molecule has 0 saturated heterocycles. The number of hydrogen-bond donors (Lipinski definition) is 1. The molecular weight excluding hydrogens is 302 g/mol. The number of ether oxygens (including phenoxy) is 2. The Hall–Kier alpha value is -2.34. The van der Waals surface area contributed by atoms with Gasteiger partial charge in [0, 0.05) is 4.88 Å². The van der Waals surface area contributed by atoms with E-state index in [1.54, 1.807) is 35.6 Å². The average Bonchev–Trinajstić information content (AvgIpc) is 3.07. The molecule has 6 heteroatoms. The fourth-order valence-electron chi connectivity index (χ4n) is 1.87. The van der Waals surface area contributed by atoms with Gasteiger partial charge in [-0.25, -0.2) is 4.79 Å². The molecule has 1 amide bonds. The van der Waals surface area contributed by atoms with Gasteiger partial charge in [0.15, 0.2) is 6.61 Å². The molecule has 116 valence electrons. The van der Waals surface area contributed by atoms with Crippen molar-refractivity contribution in [3.05, 3.63) is 52.2 Å². The maximum atomic E-state index is 11.9. The number of rotatable bonds is 6. The highest BCUT2D eigenvalue weighted by Gasteiger charge is 2.11. The smallest absolute Gasteiger partial charge is 0.337 e. The van der Waals surface area contributed by atoms with Crippen molar-refractivity contribution in [3.8, 4) is 5.75 Å². The van der Waals surface area contributed by atoms with Crippen molar-refractivity contribution in [2.45, 2.75) is 13.0 Å². The molecule has 1 aromatic carbocycles. The second kappa shape index (κ2) is 7.61. The molecule has 5 nitrogen and oxygen atoms in total. The van der Waals surface area contributed by atoms with E-state index in [9.17, 15) is 9.59 Å². The van der Waals surface area contributed by atoms with Gasteiger partial charge in [0.25, 0.3) is 5.91 Å². The summed E-state index contributed by atoms with van der Waals surface area (Å²) in [6.45, 7) is 1.81. The van der Waals surface area contributed by atoms with Crippen molar-refractivity contribution in [1.29, 1.82) is 0 Å². The van der Waals surface area contributed by atoms with Crippen LogP contribution < -0.4 is 10.1 Å². The third-order valence-corrected chi connectivity index (χ3v) is 4.03. The molecule has 1 atom stereocenters. The van der Waals surface area contributed by atoms with Gasteiger partial charge < -0.3 is 14.8 Å². The number of amides is 1. The Balaban J connectivity index is 1.87. The molecule has 22 heavy (non-hydrogen) atoms. The standard InChI is InChI=1S/C16H17NO4S/c1-11(14-7-4-8-22-14)17-15(18)10-21-13-6-3-5-12(9-13)16(19)20-2/h3-9,11H,10H2,1-2H3,(H,17,18). The molecule has 0 fully saturated rings. The topological polar surface area (TPSA) is 64.6 Å². The van der Waals surface area contributed by atoms with Crippen LogP contribution in [0.2, 0.25) is 0 Å². The van der Waals surface area contributed by atoms with Crippen LogP contribution in [-0.4, -0.2) is 25.6 Å². The highest BCUT2D eigenvalue weighted by molar-refractivity contribution is 7.10. The van der Waals surface area contributed by atoms with Crippen LogP contribution in [-0.2, 0) is 9.53 Å². The Kier molecular flexibility index (Phi) is 5.55. The van der Waals surface area contributed by atoms with Gasteiger partial charge in [0.1, 0.15) is 5.75 Å². The minimum atomic E-state index is -0.443. The highest BCUT2D eigenvalue weighted by Crippen LogP contribution is 2.18. The minimum Gasteiger partial charge on any atom is -0.484 e. The van der Waals surface area contributed by atoms with E-state index in [2.05, 4.69) is 10.1 Å². The summed E-state index contributed by atoms with van der Waals surface area (Å²) in [6, 6.07) is 10.4. The fourth-order valence-corrected chi connectivity index (χ4v) is 2.61. The molecule has 0 aliphatic carbocycles. The van der Waals surface area contributed by atoms with E-state index in [1.165, 1.54) is 7.11 Å². The molecule has 0 aliphatic rings. The Bertz CT molecular complexity index is 639. The molecule has 0 saturated carbocycles. The van der Waals surface area contributed by atoms with Crippen molar-refractivity contribution < 1.29 is 19.1 Å². The van der Waals surface area contributed by atoms with Crippen molar-refractivity contribution >= 4 is 23.2 Å². The van der Waals surface area contributed by atoms with E-state index in [0.29, 0.717) is 11.3 Å². The lowest BCUT2D eigenvalue weighted by Crippen LogP contribution is -2.30. The van der Waals surface area contributed by atoms with Gasteiger partial charge in [-0.05, 0) is 36.6 Å². The lowest BCUT2D eigenvalue weighted by atomic mass is 10.2. The van der Waals surface area contributed by atoms with Crippen LogP contribution in [0.4, 0.5) is 0 Å². The maximum absolute atomic E-state index is 11.9. The predicted molar refractivity (Wildman–Crippen MR) is 84.2 cm³/mol. The molecular formula is C16H17NO4S. The zero-order chi connectivity index (χ0) is 15.9. The van der Waals surface area contributed by atoms with Crippen LogP contribution in [0.5, 0.6) is 5.75 Å². The number of benzene rings is 1. The predicted octanol–water partition coefficient (Wildman–Crippen LogP) is 2.79. The van der Waals surface area contributed by atoms with E-state index in [-0.39, 0.29) is 18.6 Å². The number of esters is 1. The normalized spacial score (nSPS) is 11.5. The van der Waals surface area contributed by atoms with Crippen LogP contribution in [0.15, 0.2) is 41.8 Å². The summed E-state index contributed by atoms with van der Waals surface area (Å²) in [4.78, 5) is 24.4. The fraction of sp³-hybridized carbons (Fsp3) is 0.250. The second-order valence-electron chi connectivity index (χ2n) is 4.61. The van der Waals surface area contributed by atoms with E-state index < -0.39 is 5.97 Å². The SMILES string of the molecule is COC(=O)c1cccc(OCC(=O)NC(C)c2cccs2)c1. The zero-order valence-corrected chi connectivity index (χ0v) is 13.2. The van der Waals surface area contributed by atoms with Crippen molar-refractivity contribution in [1.82, 2.24) is 5.32 Å². The maximum Gasteiger partial charge on any atom is 0.337 e. The summed E-state index contributed by atoms with van der Waals surface area (Å²) in [5.74, 6) is -0.215. The highest BCUT2D eigenvalue weighted by atomic mass is 32.1. The molecule has 0 spiro atoms. The first-order valence-corrected chi connectivity index (χ1v) is 7.62. The lowest BCUT2D eigenvalue weighted by molar-refractivity contribution is -0.123. The molecule has 1 unspecified atom stereocenters. The summed E-state index contributed by atoms with van der Waals surface area (Å²) in [7, 11) is 1.31. The quantitative estimate of drug-likeness (QED) is 0.832. The van der Waals surface area contributed by atoms with Crippen LogP contribution >= 0.6 is 11.3 Å². The third-order valence-electron chi connectivity index (χ3n) is 2.97. The van der Waals surface area contributed by atoms with Gasteiger partial charge in [-0.1, -0.05) is 12.1 Å². The van der Waals surface area contributed by atoms with Gasteiger partial charge in [0.2, 0.25) is 0 Å². The van der Waals surface area contributed by atoms with Crippen molar-refractivity contribution in [3.63, 3.8) is 0 Å². The van der Waals surface area contributed by atoms with Crippen LogP contribution in [0.3, 0.4) is 0 Å². The Morgan fingerprint density at radius 1 is 1.27 bits per heavy atom. The number of carbonyl (C=O) groups is 2. The van der Waals surface area contributed by atoms with E-state index in [1.807, 2.05) is 24.4 Å². The van der Waals surface area contributed by atoms with Gasteiger partial charge in [-0.15, -0.1) is 11.3 Å². The number of carbonyl (C=O) groups excluding carboxylic acids is 2. The molecule has 1 aromatic heterocycles. The summed E-state index contributed by atoms with van der Waals surface area (Å²) < 4.78 is 10.0. The largest absolute Gasteiger partial charge is 0.484 e. The summed E-state index contributed by atoms with van der Waals surface area (Å²) >= 11 is 1.59. The molecule has 2 aromatic rings. The van der Waals surface area contributed by atoms with Gasteiger partial charge >= 0.3 is 5.97 Å². The summed E-state index contributed by atoms with van der Waals surface area (Å²) in [6.07, 6.45) is 0. The first kappa shape index (κ1) is 16.0. The van der Waals surface area contributed by atoms with E-state index in [0.717, 1.165) is 4.88 Å². The van der Waals surface area contributed by atoms with E-state index in [4.69, 9.17) is 4.74 Å².